The van der Waals surface area contributed by atoms with Crippen molar-refractivity contribution in [1.82, 2.24) is 0 Å². The molecule has 0 amide bonds. The van der Waals surface area contributed by atoms with Gasteiger partial charge in [-0.15, -0.1) is 0 Å². The third-order valence-corrected chi connectivity index (χ3v) is 3.86. The lowest BCUT2D eigenvalue weighted by Gasteiger charge is -2.17. The SMILES string of the molecule is O=C(O)c1ccc(N2Cc3ccc(Br)cc3C2)cc1. The largest absolute Gasteiger partial charge is 0.478 e. The minimum atomic E-state index is -0.889. The summed E-state index contributed by atoms with van der Waals surface area (Å²) in [6, 6.07) is 13.4. The number of carboxylic acid groups (broad SMARTS) is 1. The second-order valence-electron chi connectivity index (χ2n) is 4.62. The number of benzene rings is 2. The highest BCUT2D eigenvalue weighted by atomic mass is 79.9. The van der Waals surface area contributed by atoms with Crippen LogP contribution in [0.4, 0.5) is 5.69 Å². The van der Waals surface area contributed by atoms with Crippen LogP contribution in [0.15, 0.2) is 46.9 Å². The van der Waals surface area contributed by atoms with Gasteiger partial charge in [0.1, 0.15) is 0 Å². The van der Waals surface area contributed by atoms with Gasteiger partial charge >= 0.3 is 5.97 Å². The number of fused-ring (bicyclic) bond motifs is 1. The number of hydrogen-bond donors (Lipinski definition) is 1. The van der Waals surface area contributed by atoms with Gasteiger partial charge in [-0.2, -0.15) is 0 Å². The Bertz CT molecular complexity index is 637. The second kappa shape index (κ2) is 4.70. The molecule has 0 bridgehead atoms. The molecule has 1 heterocycles. The topological polar surface area (TPSA) is 40.5 Å². The number of carboxylic acids is 1. The van der Waals surface area contributed by atoms with Crippen molar-refractivity contribution in [3.8, 4) is 0 Å². The Morgan fingerprint density at radius 2 is 1.74 bits per heavy atom. The van der Waals surface area contributed by atoms with E-state index in [1.54, 1.807) is 12.1 Å². The van der Waals surface area contributed by atoms with Gasteiger partial charge in [-0.05, 0) is 47.5 Å². The lowest BCUT2D eigenvalue weighted by molar-refractivity contribution is 0.0697. The number of aromatic carboxylic acids is 1. The Hall–Kier alpha value is -1.81. The van der Waals surface area contributed by atoms with E-state index in [1.165, 1.54) is 11.1 Å². The van der Waals surface area contributed by atoms with Crippen LogP contribution in [0.1, 0.15) is 21.5 Å². The molecule has 3 rings (SSSR count). The first kappa shape index (κ1) is 12.2. The number of rotatable bonds is 2. The number of carbonyl (C=O) groups is 1. The molecule has 2 aromatic rings. The standard InChI is InChI=1S/C15H12BrNO2/c16-13-4-1-11-8-17(9-12(11)7-13)14-5-2-10(3-6-14)15(18)19/h1-7H,8-9H2,(H,18,19). The number of nitrogens with zero attached hydrogens (tertiary/aromatic N) is 1. The Morgan fingerprint density at radius 1 is 1.05 bits per heavy atom. The van der Waals surface area contributed by atoms with E-state index in [4.69, 9.17) is 5.11 Å². The van der Waals surface area contributed by atoms with Gasteiger partial charge in [0, 0.05) is 23.2 Å². The van der Waals surface area contributed by atoms with Crippen molar-refractivity contribution in [2.75, 3.05) is 4.90 Å². The molecule has 96 valence electrons. The van der Waals surface area contributed by atoms with Gasteiger partial charge < -0.3 is 10.0 Å². The van der Waals surface area contributed by atoms with Crippen molar-refractivity contribution in [3.63, 3.8) is 0 Å². The van der Waals surface area contributed by atoms with Crippen LogP contribution in [0, 0.1) is 0 Å². The zero-order chi connectivity index (χ0) is 13.4. The van der Waals surface area contributed by atoms with Crippen molar-refractivity contribution in [3.05, 3.63) is 63.6 Å². The summed E-state index contributed by atoms with van der Waals surface area (Å²) < 4.78 is 1.09. The molecule has 0 aromatic heterocycles. The average Bonchev–Trinajstić information content (AvgIpc) is 2.81. The molecular weight excluding hydrogens is 306 g/mol. The van der Waals surface area contributed by atoms with Gasteiger partial charge in [-0.1, -0.05) is 22.0 Å². The second-order valence-corrected chi connectivity index (χ2v) is 5.54. The first-order chi connectivity index (χ1) is 9.13. The molecule has 0 atom stereocenters. The van der Waals surface area contributed by atoms with E-state index in [9.17, 15) is 4.79 Å². The van der Waals surface area contributed by atoms with E-state index >= 15 is 0 Å². The monoisotopic (exact) mass is 317 g/mol. The highest BCUT2D eigenvalue weighted by Gasteiger charge is 2.19. The van der Waals surface area contributed by atoms with E-state index in [2.05, 4.69) is 39.0 Å². The van der Waals surface area contributed by atoms with Crippen LogP contribution >= 0.6 is 15.9 Å². The zero-order valence-electron chi connectivity index (χ0n) is 10.1. The lowest BCUT2D eigenvalue weighted by Crippen LogP contribution is -2.14. The third kappa shape index (κ3) is 2.36. The minimum Gasteiger partial charge on any atom is -0.478 e. The summed E-state index contributed by atoms with van der Waals surface area (Å²) in [6.45, 7) is 1.73. The summed E-state index contributed by atoms with van der Waals surface area (Å²) in [6.07, 6.45) is 0. The predicted octanol–water partition coefficient (Wildman–Crippen LogP) is 3.67. The molecule has 2 aromatic carbocycles. The highest BCUT2D eigenvalue weighted by Crippen LogP contribution is 2.30. The van der Waals surface area contributed by atoms with Crippen molar-refractivity contribution >= 4 is 27.6 Å². The average molecular weight is 318 g/mol. The Labute approximate surface area is 119 Å². The van der Waals surface area contributed by atoms with E-state index in [1.807, 2.05) is 12.1 Å². The molecule has 0 spiro atoms. The molecule has 0 fully saturated rings. The summed E-state index contributed by atoms with van der Waals surface area (Å²) in [4.78, 5) is 13.1. The molecule has 1 N–H and O–H groups in total. The Kier molecular flexibility index (Phi) is 3.03. The van der Waals surface area contributed by atoms with Crippen LogP contribution in [-0.4, -0.2) is 11.1 Å². The molecule has 0 saturated heterocycles. The van der Waals surface area contributed by atoms with E-state index in [0.29, 0.717) is 5.56 Å². The fraction of sp³-hybridized carbons (Fsp3) is 0.133. The van der Waals surface area contributed by atoms with Crippen molar-refractivity contribution in [2.45, 2.75) is 13.1 Å². The van der Waals surface area contributed by atoms with E-state index in [-0.39, 0.29) is 0 Å². The molecule has 0 aliphatic carbocycles. The van der Waals surface area contributed by atoms with Crippen LogP contribution in [0.5, 0.6) is 0 Å². The summed E-state index contributed by atoms with van der Waals surface area (Å²) in [5.41, 5.74) is 4.02. The molecule has 1 aliphatic heterocycles. The summed E-state index contributed by atoms with van der Waals surface area (Å²) >= 11 is 3.48. The smallest absolute Gasteiger partial charge is 0.335 e. The predicted molar refractivity (Wildman–Crippen MR) is 77.4 cm³/mol. The van der Waals surface area contributed by atoms with Gasteiger partial charge in [-0.25, -0.2) is 4.79 Å². The van der Waals surface area contributed by atoms with Crippen molar-refractivity contribution in [2.24, 2.45) is 0 Å². The first-order valence-electron chi connectivity index (χ1n) is 5.99. The zero-order valence-corrected chi connectivity index (χ0v) is 11.7. The number of halogens is 1. The lowest BCUT2D eigenvalue weighted by atomic mass is 10.1. The summed E-state index contributed by atoms with van der Waals surface area (Å²) in [5.74, 6) is -0.889. The van der Waals surface area contributed by atoms with Crippen molar-refractivity contribution in [1.29, 1.82) is 0 Å². The van der Waals surface area contributed by atoms with Crippen LogP contribution in [0.3, 0.4) is 0 Å². The normalized spacial score (nSPS) is 13.4. The molecule has 1 aliphatic rings. The van der Waals surface area contributed by atoms with Gasteiger partial charge in [0.25, 0.3) is 0 Å². The molecular formula is C15H12BrNO2. The van der Waals surface area contributed by atoms with Crippen LogP contribution in [0.25, 0.3) is 0 Å². The van der Waals surface area contributed by atoms with Crippen LogP contribution in [0.2, 0.25) is 0 Å². The third-order valence-electron chi connectivity index (χ3n) is 3.37. The van der Waals surface area contributed by atoms with Crippen LogP contribution < -0.4 is 4.90 Å². The molecule has 3 nitrogen and oxygen atoms in total. The van der Waals surface area contributed by atoms with Gasteiger partial charge in [0.15, 0.2) is 0 Å². The number of anilines is 1. The van der Waals surface area contributed by atoms with Crippen LogP contribution in [-0.2, 0) is 13.1 Å². The molecule has 0 saturated carbocycles. The molecule has 4 heteroatoms. The van der Waals surface area contributed by atoms with E-state index in [0.717, 1.165) is 23.2 Å². The van der Waals surface area contributed by atoms with Crippen molar-refractivity contribution < 1.29 is 9.90 Å². The fourth-order valence-corrected chi connectivity index (χ4v) is 2.77. The maximum Gasteiger partial charge on any atom is 0.335 e. The first-order valence-corrected chi connectivity index (χ1v) is 6.78. The molecule has 0 unspecified atom stereocenters. The Balaban J connectivity index is 1.84. The highest BCUT2D eigenvalue weighted by molar-refractivity contribution is 9.10. The molecule has 0 radical (unpaired) electrons. The Morgan fingerprint density at radius 3 is 2.42 bits per heavy atom. The van der Waals surface area contributed by atoms with Gasteiger partial charge in [-0.3, -0.25) is 0 Å². The van der Waals surface area contributed by atoms with Gasteiger partial charge in [0.2, 0.25) is 0 Å². The maximum absolute atomic E-state index is 10.8. The summed E-state index contributed by atoms with van der Waals surface area (Å²) in [7, 11) is 0. The number of hydrogen-bond acceptors (Lipinski definition) is 2. The summed E-state index contributed by atoms with van der Waals surface area (Å²) in [5, 5.41) is 8.89. The maximum atomic E-state index is 10.8. The molecule has 19 heavy (non-hydrogen) atoms. The fourth-order valence-electron chi connectivity index (χ4n) is 2.36. The van der Waals surface area contributed by atoms with Gasteiger partial charge in [0.05, 0.1) is 5.56 Å². The van der Waals surface area contributed by atoms with E-state index < -0.39 is 5.97 Å². The quantitative estimate of drug-likeness (QED) is 0.918. The minimum absolute atomic E-state index is 0.322.